The van der Waals surface area contributed by atoms with E-state index in [-0.39, 0.29) is 0 Å². The van der Waals surface area contributed by atoms with Crippen molar-refractivity contribution < 1.29 is 10.2 Å². The van der Waals surface area contributed by atoms with Crippen molar-refractivity contribution >= 4 is 11.6 Å². The maximum Gasteiger partial charge on any atom is 0.106 e. The van der Waals surface area contributed by atoms with Gasteiger partial charge in [0.05, 0.1) is 6.10 Å². The average molecular weight is 215 g/mol. The van der Waals surface area contributed by atoms with Gasteiger partial charge in [-0.2, -0.15) is 0 Å². The molecule has 0 heterocycles. The molecule has 1 aromatic carbocycles. The van der Waals surface area contributed by atoms with Crippen LogP contribution in [0, 0.1) is 0 Å². The van der Waals surface area contributed by atoms with E-state index in [1.807, 2.05) is 6.92 Å². The Morgan fingerprint density at radius 3 is 2.50 bits per heavy atom. The molecule has 2 atom stereocenters. The van der Waals surface area contributed by atoms with Gasteiger partial charge in [0.2, 0.25) is 0 Å². The summed E-state index contributed by atoms with van der Waals surface area (Å²) < 4.78 is 0. The standard InChI is InChI=1S/C11H15ClO2/c1-2-5-10(13)11(14)8-6-3-4-7-9(8)12/h3-4,6-7,10-11,13-14H,2,5H2,1H3. The maximum atomic E-state index is 9.77. The Labute approximate surface area is 89.1 Å². The lowest BCUT2D eigenvalue weighted by atomic mass is 10.0. The highest BCUT2D eigenvalue weighted by molar-refractivity contribution is 6.31. The molecule has 3 heteroatoms. The monoisotopic (exact) mass is 214 g/mol. The topological polar surface area (TPSA) is 40.5 Å². The molecule has 0 fully saturated rings. The summed E-state index contributed by atoms with van der Waals surface area (Å²) in [7, 11) is 0. The first-order chi connectivity index (χ1) is 6.66. The number of benzene rings is 1. The summed E-state index contributed by atoms with van der Waals surface area (Å²) in [6, 6.07) is 7.03. The maximum absolute atomic E-state index is 9.77. The van der Waals surface area contributed by atoms with Gasteiger partial charge in [-0.15, -0.1) is 0 Å². The molecule has 0 saturated carbocycles. The second-order valence-corrected chi connectivity index (χ2v) is 3.73. The van der Waals surface area contributed by atoms with Crippen molar-refractivity contribution in [3.63, 3.8) is 0 Å². The molecule has 0 aromatic heterocycles. The van der Waals surface area contributed by atoms with Gasteiger partial charge < -0.3 is 10.2 Å². The summed E-state index contributed by atoms with van der Waals surface area (Å²) >= 11 is 5.89. The normalized spacial score (nSPS) is 15.1. The third-order valence-corrected chi connectivity index (χ3v) is 2.52. The van der Waals surface area contributed by atoms with Crippen LogP contribution in [0.4, 0.5) is 0 Å². The van der Waals surface area contributed by atoms with E-state index in [4.69, 9.17) is 11.6 Å². The predicted molar refractivity (Wildman–Crippen MR) is 57.3 cm³/mol. The van der Waals surface area contributed by atoms with Crippen LogP contribution in [0.25, 0.3) is 0 Å². The minimum Gasteiger partial charge on any atom is -0.390 e. The summed E-state index contributed by atoms with van der Waals surface area (Å²) in [6.45, 7) is 1.96. The molecule has 0 bridgehead atoms. The fourth-order valence-corrected chi connectivity index (χ4v) is 1.62. The van der Waals surface area contributed by atoms with Crippen LogP contribution in [0.3, 0.4) is 0 Å². The Bertz CT molecular complexity index is 288. The van der Waals surface area contributed by atoms with Crippen LogP contribution in [0.5, 0.6) is 0 Å². The van der Waals surface area contributed by atoms with Crippen LogP contribution in [0.15, 0.2) is 24.3 Å². The van der Waals surface area contributed by atoms with Gasteiger partial charge in [0.25, 0.3) is 0 Å². The van der Waals surface area contributed by atoms with Gasteiger partial charge in [0, 0.05) is 10.6 Å². The first kappa shape index (κ1) is 11.5. The number of aliphatic hydroxyl groups excluding tert-OH is 2. The first-order valence-corrected chi connectivity index (χ1v) is 5.15. The van der Waals surface area contributed by atoms with Crippen molar-refractivity contribution in [3.05, 3.63) is 34.9 Å². The lowest BCUT2D eigenvalue weighted by Gasteiger charge is -2.18. The molecule has 0 amide bonds. The zero-order valence-corrected chi connectivity index (χ0v) is 8.91. The molecule has 14 heavy (non-hydrogen) atoms. The lowest BCUT2D eigenvalue weighted by Crippen LogP contribution is -2.18. The molecule has 0 aliphatic heterocycles. The van der Waals surface area contributed by atoms with E-state index >= 15 is 0 Å². The highest BCUT2D eigenvalue weighted by Crippen LogP contribution is 2.26. The van der Waals surface area contributed by atoms with E-state index in [2.05, 4.69) is 0 Å². The van der Waals surface area contributed by atoms with Crippen molar-refractivity contribution in [3.8, 4) is 0 Å². The van der Waals surface area contributed by atoms with Crippen molar-refractivity contribution in [2.24, 2.45) is 0 Å². The summed E-state index contributed by atoms with van der Waals surface area (Å²) in [5.41, 5.74) is 0.593. The molecule has 2 nitrogen and oxygen atoms in total. The Hall–Kier alpha value is -0.570. The Morgan fingerprint density at radius 1 is 1.29 bits per heavy atom. The van der Waals surface area contributed by atoms with Gasteiger partial charge in [-0.25, -0.2) is 0 Å². The fourth-order valence-electron chi connectivity index (χ4n) is 1.38. The van der Waals surface area contributed by atoms with E-state index in [0.29, 0.717) is 17.0 Å². The second kappa shape index (κ2) is 5.35. The van der Waals surface area contributed by atoms with Crippen LogP contribution < -0.4 is 0 Å². The molecule has 0 spiro atoms. The van der Waals surface area contributed by atoms with Crippen LogP contribution in [-0.4, -0.2) is 16.3 Å². The van der Waals surface area contributed by atoms with E-state index in [1.54, 1.807) is 24.3 Å². The van der Waals surface area contributed by atoms with Crippen molar-refractivity contribution in [2.45, 2.75) is 32.0 Å². The summed E-state index contributed by atoms with van der Waals surface area (Å²) in [5, 5.41) is 19.8. The molecule has 0 aliphatic rings. The molecule has 1 rings (SSSR count). The third-order valence-electron chi connectivity index (χ3n) is 2.17. The minimum absolute atomic E-state index is 0.496. The van der Waals surface area contributed by atoms with Gasteiger partial charge >= 0.3 is 0 Å². The lowest BCUT2D eigenvalue weighted by molar-refractivity contribution is 0.0131. The largest absolute Gasteiger partial charge is 0.390 e. The molecular formula is C11H15ClO2. The van der Waals surface area contributed by atoms with E-state index in [0.717, 1.165) is 6.42 Å². The highest BCUT2D eigenvalue weighted by Gasteiger charge is 2.19. The number of rotatable bonds is 4. The smallest absolute Gasteiger partial charge is 0.106 e. The summed E-state index contributed by atoms with van der Waals surface area (Å²) in [5.74, 6) is 0. The molecule has 2 N–H and O–H groups in total. The minimum atomic E-state index is -0.886. The van der Waals surface area contributed by atoms with Crippen molar-refractivity contribution in [1.29, 1.82) is 0 Å². The number of hydrogen-bond donors (Lipinski definition) is 2. The number of aliphatic hydroxyl groups is 2. The van der Waals surface area contributed by atoms with Gasteiger partial charge in [-0.1, -0.05) is 43.1 Å². The SMILES string of the molecule is CCCC(O)C(O)c1ccccc1Cl. The first-order valence-electron chi connectivity index (χ1n) is 4.77. The van der Waals surface area contributed by atoms with Gasteiger partial charge in [0.1, 0.15) is 6.10 Å². The molecular weight excluding hydrogens is 200 g/mol. The molecule has 0 radical (unpaired) electrons. The zero-order valence-electron chi connectivity index (χ0n) is 8.15. The second-order valence-electron chi connectivity index (χ2n) is 3.32. The van der Waals surface area contributed by atoms with E-state index in [1.165, 1.54) is 0 Å². The zero-order chi connectivity index (χ0) is 10.6. The van der Waals surface area contributed by atoms with Crippen molar-refractivity contribution in [2.75, 3.05) is 0 Å². The Balaban J connectivity index is 2.78. The predicted octanol–water partition coefficient (Wildman–Crippen LogP) is 2.53. The summed E-state index contributed by atoms with van der Waals surface area (Å²) in [4.78, 5) is 0. The average Bonchev–Trinajstić information content (AvgIpc) is 2.18. The van der Waals surface area contributed by atoms with Gasteiger partial charge in [-0.05, 0) is 12.5 Å². The van der Waals surface area contributed by atoms with Crippen LogP contribution in [0.1, 0.15) is 31.4 Å². The van der Waals surface area contributed by atoms with Gasteiger partial charge in [0.15, 0.2) is 0 Å². The molecule has 0 aliphatic carbocycles. The Morgan fingerprint density at radius 2 is 1.93 bits per heavy atom. The highest BCUT2D eigenvalue weighted by atomic mass is 35.5. The molecule has 1 aromatic rings. The third kappa shape index (κ3) is 2.71. The Kier molecular flexibility index (Phi) is 4.39. The van der Waals surface area contributed by atoms with Gasteiger partial charge in [-0.3, -0.25) is 0 Å². The quantitative estimate of drug-likeness (QED) is 0.809. The van der Waals surface area contributed by atoms with Crippen LogP contribution in [0.2, 0.25) is 5.02 Å². The fraction of sp³-hybridized carbons (Fsp3) is 0.455. The molecule has 0 saturated heterocycles. The van der Waals surface area contributed by atoms with Crippen LogP contribution >= 0.6 is 11.6 Å². The number of hydrogen-bond acceptors (Lipinski definition) is 2. The van der Waals surface area contributed by atoms with Crippen molar-refractivity contribution in [1.82, 2.24) is 0 Å². The van der Waals surface area contributed by atoms with Crippen LogP contribution in [-0.2, 0) is 0 Å². The summed E-state index contributed by atoms with van der Waals surface area (Å²) in [6.07, 6.45) is -0.210. The van der Waals surface area contributed by atoms with E-state index in [9.17, 15) is 10.2 Å². The number of halogens is 1. The molecule has 2 unspecified atom stereocenters. The molecule has 78 valence electrons. The van der Waals surface area contributed by atoms with E-state index < -0.39 is 12.2 Å².